The fourth-order valence-electron chi connectivity index (χ4n) is 2.32. The summed E-state index contributed by atoms with van der Waals surface area (Å²) < 4.78 is 26.9. The Morgan fingerprint density at radius 1 is 0.963 bits per heavy atom. The van der Waals surface area contributed by atoms with Gasteiger partial charge in [0.15, 0.2) is 0 Å². The van der Waals surface area contributed by atoms with E-state index in [1.54, 1.807) is 56.3 Å². The summed E-state index contributed by atoms with van der Waals surface area (Å²) in [5, 5.41) is 5.19. The van der Waals surface area contributed by atoms with Crippen molar-refractivity contribution in [3.05, 3.63) is 65.7 Å². The molecule has 144 valence electrons. The van der Waals surface area contributed by atoms with Crippen molar-refractivity contribution in [1.29, 1.82) is 0 Å². The van der Waals surface area contributed by atoms with Gasteiger partial charge in [-0.25, -0.2) is 13.1 Å². The van der Waals surface area contributed by atoms with Gasteiger partial charge in [-0.1, -0.05) is 30.3 Å². The highest BCUT2D eigenvalue weighted by atomic mass is 32.2. The van der Waals surface area contributed by atoms with Gasteiger partial charge in [-0.05, 0) is 43.7 Å². The Morgan fingerprint density at radius 2 is 1.67 bits per heavy atom. The smallest absolute Gasteiger partial charge is 0.251 e. The minimum Gasteiger partial charge on any atom is -0.350 e. The molecule has 0 saturated carbocycles. The Balaban J connectivity index is 1.88. The number of carbonyl (C=O) groups excluding carboxylic acids is 2. The largest absolute Gasteiger partial charge is 0.350 e. The van der Waals surface area contributed by atoms with Gasteiger partial charge in [-0.2, -0.15) is 0 Å². The molecule has 8 heteroatoms. The van der Waals surface area contributed by atoms with Crippen molar-refractivity contribution < 1.29 is 18.0 Å². The predicted octanol–water partition coefficient (Wildman–Crippen LogP) is 1.42. The number of nitrogens with one attached hydrogen (secondary N) is 3. The molecule has 2 aromatic carbocycles. The molecule has 0 radical (unpaired) electrons. The van der Waals surface area contributed by atoms with E-state index in [1.807, 2.05) is 0 Å². The van der Waals surface area contributed by atoms with E-state index in [9.17, 15) is 18.0 Å². The van der Waals surface area contributed by atoms with E-state index in [2.05, 4.69) is 15.4 Å². The molecule has 0 saturated heterocycles. The van der Waals surface area contributed by atoms with Crippen LogP contribution in [0.25, 0.3) is 0 Å². The van der Waals surface area contributed by atoms with Gasteiger partial charge in [-0.3, -0.25) is 9.59 Å². The number of rotatable bonds is 8. The van der Waals surface area contributed by atoms with Crippen molar-refractivity contribution in [3.63, 3.8) is 0 Å². The summed E-state index contributed by atoms with van der Waals surface area (Å²) >= 11 is 0. The average Bonchev–Trinajstić information content (AvgIpc) is 2.64. The second-order valence-corrected chi connectivity index (χ2v) is 7.96. The quantitative estimate of drug-likeness (QED) is 0.635. The van der Waals surface area contributed by atoms with E-state index in [-0.39, 0.29) is 35.8 Å². The number of sulfonamides is 1. The van der Waals surface area contributed by atoms with E-state index in [1.165, 1.54) is 12.1 Å². The van der Waals surface area contributed by atoms with Crippen LogP contribution in [-0.2, 0) is 21.4 Å². The molecule has 0 aliphatic heterocycles. The Hall–Kier alpha value is -2.71. The first-order valence-corrected chi connectivity index (χ1v) is 9.97. The number of amides is 2. The van der Waals surface area contributed by atoms with Crippen molar-refractivity contribution in [2.24, 2.45) is 0 Å². The molecule has 27 heavy (non-hydrogen) atoms. The Morgan fingerprint density at radius 3 is 2.33 bits per heavy atom. The summed E-state index contributed by atoms with van der Waals surface area (Å²) in [5.74, 6) is -0.702. The van der Waals surface area contributed by atoms with Crippen LogP contribution in [0.15, 0.2) is 59.5 Å². The lowest BCUT2D eigenvalue weighted by atomic mass is 10.2. The van der Waals surface area contributed by atoms with Crippen LogP contribution >= 0.6 is 0 Å². The standard InChI is InChI=1S/C19H23N3O4S/c1-14(2)22-27(25,26)17-10-6-7-15(11-17)12-20-18(23)13-21-19(24)16-8-4-3-5-9-16/h3-11,14,22H,12-13H2,1-2H3,(H,20,23)(H,21,24). The van der Waals surface area contributed by atoms with Gasteiger partial charge in [-0.15, -0.1) is 0 Å². The summed E-state index contributed by atoms with van der Waals surface area (Å²) in [5.41, 5.74) is 1.12. The third-order valence-corrected chi connectivity index (χ3v) is 5.19. The highest BCUT2D eigenvalue weighted by Gasteiger charge is 2.15. The molecular formula is C19H23N3O4S. The lowest BCUT2D eigenvalue weighted by Crippen LogP contribution is -2.36. The molecule has 0 aromatic heterocycles. The summed E-state index contributed by atoms with van der Waals surface area (Å²) in [4.78, 5) is 24.0. The van der Waals surface area contributed by atoms with Crippen LogP contribution in [0.4, 0.5) is 0 Å². The number of carbonyl (C=O) groups is 2. The zero-order valence-corrected chi connectivity index (χ0v) is 16.0. The summed E-state index contributed by atoms with van der Waals surface area (Å²) in [6.07, 6.45) is 0. The van der Waals surface area contributed by atoms with E-state index >= 15 is 0 Å². The minimum absolute atomic E-state index is 0.139. The maximum atomic E-state index is 12.2. The van der Waals surface area contributed by atoms with E-state index in [0.29, 0.717) is 11.1 Å². The molecule has 3 N–H and O–H groups in total. The topological polar surface area (TPSA) is 104 Å². The molecule has 2 rings (SSSR count). The van der Waals surface area contributed by atoms with E-state index < -0.39 is 10.0 Å². The molecule has 0 fully saturated rings. The first kappa shape index (κ1) is 20.6. The molecule has 2 amide bonds. The van der Waals surface area contributed by atoms with Crippen LogP contribution < -0.4 is 15.4 Å². The Bertz CT molecular complexity index is 896. The average molecular weight is 389 g/mol. The first-order chi connectivity index (χ1) is 12.8. The van der Waals surface area contributed by atoms with Crippen LogP contribution in [0.2, 0.25) is 0 Å². The summed E-state index contributed by atoms with van der Waals surface area (Å²) in [7, 11) is -3.59. The SMILES string of the molecule is CC(C)NS(=O)(=O)c1cccc(CNC(=O)CNC(=O)c2ccccc2)c1. The van der Waals surface area contributed by atoms with Crippen molar-refractivity contribution in [3.8, 4) is 0 Å². The molecule has 0 aliphatic rings. The van der Waals surface area contributed by atoms with Gasteiger partial charge < -0.3 is 10.6 Å². The Labute approximate surface area is 159 Å². The predicted molar refractivity (Wildman–Crippen MR) is 103 cm³/mol. The molecule has 0 spiro atoms. The first-order valence-electron chi connectivity index (χ1n) is 8.49. The molecule has 2 aromatic rings. The van der Waals surface area contributed by atoms with Gasteiger partial charge in [0.1, 0.15) is 0 Å². The zero-order valence-electron chi connectivity index (χ0n) is 15.2. The van der Waals surface area contributed by atoms with Gasteiger partial charge >= 0.3 is 0 Å². The third kappa shape index (κ3) is 6.50. The fourth-order valence-corrected chi connectivity index (χ4v) is 3.64. The van der Waals surface area contributed by atoms with Crippen molar-refractivity contribution in [1.82, 2.24) is 15.4 Å². The lowest BCUT2D eigenvalue weighted by molar-refractivity contribution is -0.120. The molecule has 0 atom stereocenters. The number of benzene rings is 2. The summed E-state index contributed by atoms with van der Waals surface area (Å²) in [6, 6.07) is 14.7. The van der Waals surface area contributed by atoms with Crippen LogP contribution in [-0.4, -0.2) is 32.8 Å². The van der Waals surface area contributed by atoms with Crippen LogP contribution in [0.1, 0.15) is 29.8 Å². The molecule has 0 aliphatic carbocycles. The highest BCUT2D eigenvalue weighted by molar-refractivity contribution is 7.89. The summed E-state index contributed by atoms with van der Waals surface area (Å²) in [6.45, 7) is 3.47. The molecular weight excluding hydrogens is 366 g/mol. The maximum absolute atomic E-state index is 12.2. The number of hydrogen-bond acceptors (Lipinski definition) is 4. The molecule has 7 nitrogen and oxygen atoms in total. The minimum atomic E-state index is -3.59. The monoisotopic (exact) mass is 389 g/mol. The normalized spacial score (nSPS) is 11.2. The third-order valence-electron chi connectivity index (χ3n) is 3.53. The van der Waals surface area contributed by atoms with Gasteiger partial charge in [0.05, 0.1) is 11.4 Å². The maximum Gasteiger partial charge on any atom is 0.251 e. The Kier molecular flexibility index (Phi) is 7.09. The van der Waals surface area contributed by atoms with Gasteiger partial charge in [0.2, 0.25) is 15.9 Å². The molecule has 0 heterocycles. The van der Waals surface area contributed by atoms with Crippen LogP contribution in [0.3, 0.4) is 0 Å². The highest BCUT2D eigenvalue weighted by Crippen LogP contribution is 2.12. The zero-order chi connectivity index (χ0) is 19.9. The van der Waals surface area contributed by atoms with Gasteiger partial charge in [0.25, 0.3) is 5.91 Å². The lowest BCUT2D eigenvalue weighted by Gasteiger charge is -2.11. The van der Waals surface area contributed by atoms with Crippen LogP contribution in [0.5, 0.6) is 0 Å². The molecule has 0 unspecified atom stereocenters. The number of hydrogen-bond donors (Lipinski definition) is 3. The van der Waals surface area contributed by atoms with Crippen LogP contribution in [0, 0.1) is 0 Å². The fraction of sp³-hybridized carbons (Fsp3) is 0.263. The van der Waals surface area contributed by atoms with Gasteiger partial charge in [0, 0.05) is 18.2 Å². The van der Waals surface area contributed by atoms with Crippen molar-refractivity contribution in [2.45, 2.75) is 31.3 Å². The van der Waals surface area contributed by atoms with Crippen molar-refractivity contribution >= 4 is 21.8 Å². The second kappa shape index (κ2) is 9.29. The van der Waals surface area contributed by atoms with E-state index in [0.717, 1.165) is 0 Å². The van der Waals surface area contributed by atoms with Crippen molar-refractivity contribution in [2.75, 3.05) is 6.54 Å². The molecule has 0 bridgehead atoms. The second-order valence-electron chi connectivity index (χ2n) is 6.25. The van der Waals surface area contributed by atoms with E-state index in [4.69, 9.17) is 0 Å².